The molecule has 5 heteroatoms. The van der Waals surface area contributed by atoms with Gasteiger partial charge in [0.1, 0.15) is 13.0 Å². The summed E-state index contributed by atoms with van der Waals surface area (Å²) in [5, 5.41) is 0. The number of ether oxygens (including phenoxy) is 2. The number of allylic oxidation sites excluding steroid dienone is 3. The molecule has 0 aromatic carbocycles. The van der Waals surface area contributed by atoms with E-state index in [4.69, 9.17) is 4.74 Å². The second-order valence-corrected chi connectivity index (χ2v) is 8.96. The minimum Gasteiger partial charge on any atom is -0.469 e. The normalized spacial score (nSPS) is 30.3. The summed E-state index contributed by atoms with van der Waals surface area (Å²) < 4.78 is 9.51. The Morgan fingerprint density at radius 1 is 1.25 bits per heavy atom. The molecular weight excluding hydrogens is 356 g/mol. The summed E-state index contributed by atoms with van der Waals surface area (Å²) in [6.07, 6.45) is 9.48. The van der Waals surface area contributed by atoms with Gasteiger partial charge in [0.25, 0.3) is 0 Å². The van der Waals surface area contributed by atoms with E-state index in [1.165, 1.54) is 19.1 Å². The lowest BCUT2D eigenvalue weighted by atomic mass is 9.49. The van der Waals surface area contributed by atoms with E-state index in [1.807, 2.05) is 19.1 Å². The molecule has 3 unspecified atom stereocenters. The van der Waals surface area contributed by atoms with Crippen molar-refractivity contribution in [2.24, 2.45) is 16.7 Å². The van der Waals surface area contributed by atoms with Crippen LogP contribution in [0.25, 0.3) is 0 Å². The SMILES string of the molecule is COC(=O)CC(=O)OCC=C(C)CCC1(C)CCCC2(C)C(C)=CC(=O)CC12. The number of carbonyl (C=O) groups is 3. The summed E-state index contributed by atoms with van der Waals surface area (Å²) in [5.41, 5.74) is 2.66. The van der Waals surface area contributed by atoms with Gasteiger partial charge >= 0.3 is 11.9 Å². The summed E-state index contributed by atoms with van der Waals surface area (Å²) in [7, 11) is 1.24. The molecule has 0 aromatic heterocycles. The first kappa shape index (κ1) is 22.4. The van der Waals surface area contributed by atoms with Gasteiger partial charge < -0.3 is 9.47 Å². The molecule has 0 amide bonds. The average molecular weight is 391 g/mol. The molecule has 0 heterocycles. The van der Waals surface area contributed by atoms with Gasteiger partial charge in [-0.1, -0.05) is 31.4 Å². The van der Waals surface area contributed by atoms with Crippen LogP contribution in [0.4, 0.5) is 0 Å². The van der Waals surface area contributed by atoms with E-state index >= 15 is 0 Å². The Morgan fingerprint density at radius 2 is 1.96 bits per heavy atom. The van der Waals surface area contributed by atoms with Crippen LogP contribution in [0.3, 0.4) is 0 Å². The van der Waals surface area contributed by atoms with Crippen LogP contribution in [0.1, 0.15) is 72.6 Å². The van der Waals surface area contributed by atoms with Crippen molar-refractivity contribution in [2.75, 3.05) is 13.7 Å². The second-order valence-electron chi connectivity index (χ2n) is 8.96. The van der Waals surface area contributed by atoms with Crippen LogP contribution in [0.2, 0.25) is 0 Å². The van der Waals surface area contributed by atoms with E-state index in [2.05, 4.69) is 25.5 Å². The molecule has 1 fully saturated rings. The van der Waals surface area contributed by atoms with Gasteiger partial charge in [0.05, 0.1) is 7.11 Å². The lowest BCUT2D eigenvalue weighted by molar-refractivity contribution is -0.152. The quantitative estimate of drug-likeness (QED) is 0.362. The van der Waals surface area contributed by atoms with E-state index in [0.29, 0.717) is 12.3 Å². The first-order valence-electron chi connectivity index (χ1n) is 10.2. The topological polar surface area (TPSA) is 69.7 Å². The van der Waals surface area contributed by atoms with Crippen LogP contribution >= 0.6 is 0 Å². The van der Waals surface area contributed by atoms with Gasteiger partial charge in [-0.15, -0.1) is 0 Å². The molecule has 0 aliphatic heterocycles. The van der Waals surface area contributed by atoms with Crippen molar-refractivity contribution in [3.05, 3.63) is 23.3 Å². The summed E-state index contributed by atoms with van der Waals surface area (Å²) in [6.45, 7) is 8.99. The Labute approximate surface area is 168 Å². The number of carbonyl (C=O) groups excluding carboxylic acids is 3. The molecule has 2 rings (SSSR count). The fourth-order valence-corrected chi connectivity index (χ4v) is 4.99. The lowest BCUT2D eigenvalue weighted by Gasteiger charge is -2.54. The Hall–Kier alpha value is -1.91. The molecule has 0 saturated heterocycles. The lowest BCUT2D eigenvalue weighted by Crippen LogP contribution is -2.47. The predicted octanol–water partition coefficient (Wildman–Crippen LogP) is 4.55. The largest absolute Gasteiger partial charge is 0.469 e. The molecular formula is C23H34O5. The molecule has 28 heavy (non-hydrogen) atoms. The van der Waals surface area contributed by atoms with Gasteiger partial charge in [-0.2, -0.15) is 0 Å². The smallest absolute Gasteiger partial charge is 0.317 e. The monoisotopic (exact) mass is 390 g/mol. The van der Waals surface area contributed by atoms with Crippen molar-refractivity contribution in [1.82, 2.24) is 0 Å². The van der Waals surface area contributed by atoms with Gasteiger partial charge in [-0.05, 0) is 68.4 Å². The Bertz CT molecular complexity index is 689. The van der Waals surface area contributed by atoms with Gasteiger partial charge in [0.2, 0.25) is 0 Å². The number of hydrogen-bond acceptors (Lipinski definition) is 5. The molecule has 0 spiro atoms. The standard InChI is InChI=1S/C23H34O5/c1-16(8-12-28-21(26)15-20(25)27-5)7-11-22(3)9-6-10-23(4)17(2)13-18(24)14-19(22)23/h8,13,19H,6-7,9-12,14-15H2,1-5H3. The molecule has 3 atom stereocenters. The fourth-order valence-electron chi connectivity index (χ4n) is 4.99. The van der Waals surface area contributed by atoms with E-state index < -0.39 is 11.9 Å². The zero-order valence-electron chi connectivity index (χ0n) is 17.9. The van der Waals surface area contributed by atoms with E-state index in [-0.39, 0.29) is 29.6 Å². The van der Waals surface area contributed by atoms with Gasteiger partial charge in [-0.25, -0.2) is 0 Å². The Kier molecular flexibility index (Phi) is 7.24. The maximum atomic E-state index is 12.2. The maximum Gasteiger partial charge on any atom is 0.317 e. The van der Waals surface area contributed by atoms with Crippen molar-refractivity contribution >= 4 is 17.7 Å². The number of esters is 2. The van der Waals surface area contributed by atoms with E-state index in [1.54, 1.807) is 0 Å². The predicted molar refractivity (Wildman–Crippen MR) is 108 cm³/mol. The molecule has 0 N–H and O–H groups in total. The average Bonchev–Trinajstić information content (AvgIpc) is 2.62. The first-order valence-corrected chi connectivity index (χ1v) is 10.2. The summed E-state index contributed by atoms with van der Waals surface area (Å²) in [6, 6.07) is 0. The van der Waals surface area contributed by atoms with Crippen LogP contribution in [-0.2, 0) is 23.9 Å². The Morgan fingerprint density at radius 3 is 2.64 bits per heavy atom. The molecule has 2 aliphatic carbocycles. The summed E-state index contributed by atoms with van der Waals surface area (Å²) in [4.78, 5) is 34.8. The third-order valence-electron chi connectivity index (χ3n) is 7.02. The third-order valence-corrected chi connectivity index (χ3v) is 7.02. The van der Waals surface area contributed by atoms with Crippen molar-refractivity contribution in [3.8, 4) is 0 Å². The number of hydrogen-bond donors (Lipinski definition) is 0. The van der Waals surface area contributed by atoms with Crippen LogP contribution in [0, 0.1) is 16.7 Å². The van der Waals surface area contributed by atoms with Crippen LogP contribution in [-0.4, -0.2) is 31.4 Å². The summed E-state index contributed by atoms with van der Waals surface area (Å²) in [5.74, 6) is -0.519. The van der Waals surface area contributed by atoms with Crippen LogP contribution in [0.15, 0.2) is 23.3 Å². The highest BCUT2D eigenvalue weighted by Crippen LogP contribution is 2.59. The van der Waals surface area contributed by atoms with Gasteiger partial charge in [-0.3, -0.25) is 14.4 Å². The van der Waals surface area contributed by atoms with Crippen molar-refractivity contribution in [1.29, 1.82) is 0 Å². The number of methoxy groups -OCH3 is 1. The molecule has 0 radical (unpaired) electrons. The molecule has 0 bridgehead atoms. The molecule has 0 aromatic rings. The highest BCUT2D eigenvalue weighted by molar-refractivity contribution is 5.92. The molecule has 1 saturated carbocycles. The summed E-state index contributed by atoms with van der Waals surface area (Å²) >= 11 is 0. The number of rotatable bonds is 7. The van der Waals surface area contributed by atoms with Gasteiger partial charge in [0, 0.05) is 6.42 Å². The van der Waals surface area contributed by atoms with Gasteiger partial charge in [0.15, 0.2) is 5.78 Å². The van der Waals surface area contributed by atoms with E-state index in [0.717, 1.165) is 31.3 Å². The highest BCUT2D eigenvalue weighted by atomic mass is 16.5. The van der Waals surface area contributed by atoms with Crippen molar-refractivity contribution in [3.63, 3.8) is 0 Å². The van der Waals surface area contributed by atoms with Crippen molar-refractivity contribution < 1.29 is 23.9 Å². The van der Waals surface area contributed by atoms with E-state index in [9.17, 15) is 14.4 Å². The zero-order valence-corrected chi connectivity index (χ0v) is 17.9. The van der Waals surface area contributed by atoms with Crippen molar-refractivity contribution in [2.45, 2.75) is 72.6 Å². The maximum absolute atomic E-state index is 12.2. The minimum atomic E-state index is -0.592. The first-order chi connectivity index (χ1) is 13.1. The molecule has 156 valence electrons. The van der Waals surface area contributed by atoms with Crippen LogP contribution in [0.5, 0.6) is 0 Å². The third kappa shape index (κ3) is 5.12. The zero-order chi connectivity index (χ0) is 20.9. The number of ketones is 1. The Balaban J connectivity index is 1.93. The second kappa shape index (κ2) is 9.06. The highest BCUT2D eigenvalue weighted by Gasteiger charge is 2.51. The molecule has 5 nitrogen and oxygen atoms in total. The minimum absolute atomic E-state index is 0.127. The molecule has 2 aliphatic rings. The van der Waals surface area contributed by atoms with Crippen LogP contribution < -0.4 is 0 Å². The number of fused-ring (bicyclic) bond motifs is 1. The fraction of sp³-hybridized carbons (Fsp3) is 0.696.